The van der Waals surface area contributed by atoms with Gasteiger partial charge in [-0.3, -0.25) is 19.4 Å². The van der Waals surface area contributed by atoms with Gasteiger partial charge >= 0.3 is 6.03 Å². The van der Waals surface area contributed by atoms with E-state index in [9.17, 15) is 18.8 Å². The van der Waals surface area contributed by atoms with Crippen LogP contribution in [0.5, 0.6) is 0 Å². The number of carbonyl (C=O) groups is 3. The smallest absolute Gasteiger partial charge is 0.324 e. The molecule has 158 valence electrons. The van der Waals surface area contributed by atoms with Crippen LogP contribution < -0.4 is 10.2 Å². The van der Waals surface area contributed by atoms with Gasteiger partial charge in [0.25, 0.3) is 5.91 Å². The summed E-state index contributed by atoms with van der Waals surface area (Å²) in [6.45, 7) is 2.37. The van der Waals surface area contributed by atoms with Crippen LogP contribution in [0.15, 0.2) is 65.3 Å². The topological polar surface area (TPSA) is 82.1 Å². The number of nitrogens with one attached hydrogen (secondary N) is 1. The molecule has 4 rings (SSSR count). The fraction of sp³-hybridized carbons (Fsp3) is 0.182. The Kier molecular flexibility index (Phi) is 5.85. The molecule has 2 aromatic carbocycles. The van der Waals surface area contributed by atoms with E-state index < -0.39 is 17.1 Å². The molecule has 0 aromatic heterocycles. The predicted molar refractivity (Wildman–Crippen MR) is 118 cm³/mol. The van der Waals surface area contributed by atoms with E-state index >= 15 is 0 Å². The van der Waals surface area contributed by atoms with Crippen molar-refractivity contribution < 1.29 is 18.8 Å². The number of thioether (sulfide) groups is 1. The zero-order valence-corrected chi connectivity index (χ0v) is 17.4. The Morgan fingerprint density at radius 2 is 1.87 bits per heavy atom. The number of urea groups is 1. The zero-order chi connectivity index (χ0) is 22.0. The van der Waals surface area contributed by atoms with Crippen molar-refractivity contribution in [1.82, 2.24) is 10.2 Å². The minimum Gasteiger partial charge on any atom is -0.336 e. The van der Waals surface area contributed by atoms with Crippen LogP contribution in [0.1, 0.15) is 12.5 Å². The molecular formula is C22H19FN4O3S. The van der Waals surface area contributed by atoms with Crippen molar-refractivity contribution in [2.45, 2.75) is 12.2 Å². The lowest BCUT2D eigenvalue weighted by Crippen LogP contribution is -2.40. The summed E-state index contributed by atoms with van der Waals surface area (Å²) in [5.41, 5.74) is 1.45. The van der Waals surface area contributed by atoms with Crippen molar-refractivity contribution in [2.24, 2.45) is 4.99 Å². The van der Waals surface area contributed by atoms with Crippen LogP contribution in [0.25, 0.3) is 6.08 Å². The highest BCUT2D eigenvalue weighted by atomic mass is 32.2. The van der Waals surface area contributed by atoms with E-state index in [0.717, 1.165) is 22.2 Å². The monoisotopic (exact) mass is 438 g/mol. The lowest BCUT2D eigenvalue weighted by atomic mass is 10.2. The molecule has 2 heterocycles. The van der Waals surface area contributed by atoms with Gasteiger partial charge in [-0.2, -0.15) is 0 Å². The molecule has 0 aliphatic carbocycles. The highest BCUT2D eigenvalue weighted by Crippen LogP contribution is 2.31. The average molecular weight is 438 g/mol. The Labute approximate surface area is 182 Å². The van der Waals surface area contributed by atoms with Gasteiger partial charge in [0.05, 0.1) is 10.9 Å². The van der Waals surface area contributed by atoms with E-state index in [1.807, 2.05) is 30.3 Å². The van der Waals surface area contributed by atoms with E-state index in [1.54, 1.807) is 13.0 Å². The van der Waals surface area contributed by atoms with Crippen LogP contribution in [0.4, 0.5) is 14.9 Å². The maximum absolute atomic E-state index is 13.4. The minimum absolute atomic E-state index is 0.205. The van der Waals surface area contributed by atoms with Crippen LogP contribution >= 0.6 is 11.8 Å². The normalized spacial score (nSPS) is 18.4. The predicted octanol–water partition coefficient (Wildman–Crippen LogP) is 3.24. The molecule has 1 fully saturated rings. The van der Waals surface area contributed by atoms with Gasteiger partial charge < -0.3 is 5.32 Å². The number of amides is 4. The van der Waals surface area contributed by atoms with Gasteiger partial charge in [-0.25, -0.2) is 14.2 Å². The number of hydrogen-bond donors (Lipinski definition) is 1. The van der Waals surface area contributed by atoms with E-state index in [2.05, 4.69) is 10.3 Å². The lowest BCUT2D eigenvalue weighted by Gasteiger charge is -2.21. The van der Waals surface area contributed by atoms with Crippen molar-refractivity contribution in [2.75, 3.05) is 18.0 Å². The van der Waals surface area contributed by atoms with Crippen molar-refractivity contribution in [3.8, 4) is 0 Å². The highest BCUT2D eigenvalue weighted by molar-refractivity contribution is 8.15. The first-order valence-corrected chi connectivity index (χ1v) is 10.5. The second-order valence-corrected chi connectivity index (χ2v) is 8.24. The number of imide groups is 1. The summed E-state index contributed by atoms with van der Waals surface area (Å²) in [5, 5.41) is 2.23. The van der Waals surface area contributed by atoms with Gasteiger partial charge in [0.2, 0.25) is 5.91 Å². The standard InChI is InChI=1S/C22H19FN4O3S/c1-14(19(28)26-12-11-24-21(26)30)31-22-25-18(13-15-5-3-2-4-6-15)20(29)27(22)17-9-7-16(23)8-10-17/h2-10,13-14H,11-12H2,1H3,(H,24,30)/b18-13-. The third-order valence-corrected chi connectivity index (χ3v) is 5.81. The number of aliphatic imine (C=N–C) groups is 1. The number of halogens is 1. The molecule has 9 heteroatoms. The largest absolute Gasteiger partial charge is 0.336 e. The quantitative estimate of drug-likeness (QED) is 0.743. The van der Waals surface area contributed by atoms with Gasteiger partial charge in [0.15, 0.2) is 5.17 Å². The number of anilines is 1. The number of nitrogens with zero attached hydrogens (tertiary/aromatic N) is 3. The summed E-state index contributed by atoms with van der Waals surface area (Å²) >= 11 is 1.08. The molecule has 31 heavy (non-hydrogen) atoms. The number of rotatable bonds is 4. The fourth-order valence-corrected chi connectivity index (χ4v) is 4.20. The first-order valence-electron chi connectivity index (χ1n) is 9.65. The molecule has 0 saturated carbocycles. The average Bonchev–Trinajstić information content (AvgIpc) is 3.32. The molecule has 2 aromatic rings. The van der Waals surface area contributed by atoms with E-state index in [0.29, 0.717) is 23.9 Å². The highest BCUT2D eigenvalue weighted by Gasteiger charge is 2.36. The Balaban J connectivity index is 1.65. The molecule has 1 unspecified atom stereocenters. The summed E-state index contributed by atoms with van der Waals surface area (Å²) < 4.78 is 13.4. The van der Waals surface area contributed by atoms with Crippen molar-refractivity contribution >= 4 is 46.5 Å². The maximum Gasteiger partial charge on any atom is 0.324 e. The van der Waals surface area contributed by atoms with Crippen molar-refractivity contribution in [1.29, 1.82) is 0 Å². The molecule has 4 amide bonds. The third kappa shape index (κ3) is 4.36. The molecule has 0 radical (unpaired) electrons. The molecule has 2 aliphatic rings. The Morgan fingerprint density at radius 3 is 2.52 bits per heavy atom. The van der Waals surface area contributed by atoms with Gasteiger partial charge in [-0.05, 0) is 42.8 Å². The molecular weight excluding hydrogens is 419 g/mol. The van der Waals surface area contributed by atoms with Gasteiger partial charge in [0, 0.05) is 13.1 Å². The molecule has 0 bridgehead atoms. The van der Waals surface area contributed by atoms with E-state index in [-0.39, 0.29) is 17.5 Å². The van der Waals surface area contributed by atoms with Gasteiger partial charge in [-0.15, -0.1) is 0 Å². The van der Waals surface area contributed by atoms with Crippen LogP contribution in [0.2, 0.25) is 0 Å². The van der Waals surface area contributed by atoms with Crippen LogP contribution in [0, 0.1) is 5.82 Å². The molecule has 7 nitrogen and oxygen atoms in total. The third-order valence-electron chi connectivity index (χ3n) is 4.77. The molecule has 1 N–H and O–H groups in total. The Hall–Kier alpha value is -3.46. The summed E-state index contributed by atoms with van der Waals surface area (Å²) in [6.07, 6.45) is 1.66. The van der Waals surface area contributed by atoms with Crippen molar-refractivity contribution in [3.63, 3.8) is 0 Å². The summed E-state index contributed by atoms with van der Waals surface area (Å²) in [6, 6.07) is 14.3. The molecule has 0 spiro atoms. The number of carbonyl (C=O) groups excluding carboxylic acids is 3. The van der Waals surface area contributed by atoms with Crippen molar-refractivity contribution in [3.05, 3.63) is 71.7 Å². The number of hydrogen-bond acceptors (Lipinski definition) is 5. The second kappa shape index (κ2) is 8.73. The van der Waals surface area contributed by atoms with Crippen LogP contribution in [-0.4, -0.2) is 46.3 Å². The number of benzene rings is 2. The zero-order valence-electron chi connectivity index (χ0n) is 16.6. The van der Waals surface area contributed by atoms with E-state index in [1.165, 1.54) is 29.2 Å². The minimum atomic E-state index is -0.658. The van der Waals surface area contributed by atoms with E-state index in [4.69, 9.17) is 0 Å². The molecule has 2 aliphatic heterocycles. The van der Waals surface area contributed by atoms with Crippen LogP contribution in [0.3, 0.4) is 0 Å². The van der Waals surface area contributed by atoms with Crippen LogP contribution in [-0.2, 0) is 9.59 Å². The Morgan fingerprint density at radius 1 is 1.16 bits per heavy atom. The number of amidine groups is 1. The fourth-order valence-electron chi connectivity index (χ4n) is 3.21. The van der Waals surface area contributed by atoms with Gasteiger partial charge in [-0.1, -0.05) is 42.1 Å². The molecule has 1 saturated heterocycles. The first-order chi connectivity index (χ1) is 14.9. The summed E-state index contributed by atoms with van der Waals surface area (Å²) in [5.74, 6) is -1.17. The SMILES string of the molecule is CC(SC1=N/C(=C\c2ccccc2)C(=O)N1c1ccc(F)cc1)C(=O)N1CCNC1=O. The summed E-state index contributed by atoms with van der Waals surface area (Å²) in [4.78, 5) is 44.6. The van der Waals surface area contributed by atoms with Gasteiger partial charge in [0.1, 0.15) is 11.5 Å². The summed E-state index contributed by atoms with van der Waals surface area (Å²) in [7, 11) is 0. The first kappa shape index (κ1) is 20.8. The Bertz CT molecular complexity index is 1090. The maximum atomic E-state index is 13.4. The second-order valence-electron chi connectivity index (χ2n) is 6.93. The molecule has 1 atom stereocenters. The lowest BCUT2D eigenvalue weighted by molar-refractivity contribution is -0.126.